The van der Waals surface area contributed by atoms with Crippen molar-refractivity contribution in [1.29, 1.82) is 0 Å². The number of likely N-dealkylation sites (tertiary alicyclic amines) is 1. The third-order valence-electron chi connectivity index (χ3n) is 3.37. The predicted molar refractivity (Wildman–Crippen MR) is 62.2 cm³/mol. The van der Waals surface area contributed by atoms with Crippen molar-refractivity contribution in [2.75, 3.05) is 19.7 Å². The van der Waals surface area contributed by atoms with Crippen molar-refractivity contribution in [3.05, 3.63) is 0 Å². The molecule has 2 fully saturated rings. The number of nitrogens with zero attached hydrogens (tertiary/aromatic N) is 1. The summed E-state index contributed by atoms with van der Waals surface area (Å²) in [7, 11) is 0. The maximum Gasteiger partial charge on any atom is 0.410 e. The molecule has 0 saturated carbocycles. The Hall–Kier alpha value is -1.30. The van der Waals surface area contributed by atoms with Crippen LogP contribution in [-0.4, -0.2) is 53.0 Å². The summed E-state index contributed by atoms with van der Waals surface area (Å²) in [6.45, 7) is 6.25. The fourth-order valence-corrected chi connectivity index (χ4v) is 2.53. The molecule has 2 atom stereocenters. The van der Waals surface area contributed by atoms with Gasteiger partial charge in [0, 0.05) is 19.1 Å². The van der Waals surface area contributed by atoms with Crippen LogP contribution in [-0.2, 0) is 14.3 Å². The molecule has 102 valence electrons. The zero-order chi connectivity index (χ0) is 13.6. The Bertz CT molecular complexity index is 375. The molecule has 0 spiro atoms. The minimum atomic E-state index is -1.23. The predicted octanol–water partition coefficient (Wildman–Crippen LogP) is 1.10. The third-order valence-corrected chi connectivity index (χ3v) is 3.37. The molecule has 6 nitrogen and oxygen atoms in total. The molecule has 2 rings (SSSR count). The molecule has 0 aliphatic carbocycles. The maximum absolute atomic E-state index is 11.9. The quantitative estimate of drug-likeness (QED) is 0.761. The van der Waals surface area contributed by atoms with Crippen LogP contribution in [0.3, 0.4) is 0 Å². The summed E-state index contributed by atoms with van der Waals surface area (Å²) in [5.74, 6) is -1.13. The van der Waals surface area contributed by atoms with Crippen molar-refractivity contribution < 1.29 is 24.2 Å². The lowest BCUT2D eigenvalue weighted by molar-refractivity contribution is -0.160. The van der Waals surface area contributed by atoms with Crippen LogP contribution in [0, 0.1) is 5.92 Å². The SMILES string of the molecule is CC(C)(C)OC(=O)N1C[C@H]2CCO[C@]2(C(=O)O)C1. The van der Waals surface area contributed by atoms with Gasteiger partial charge in [-0.25, -0.2) is 9.59 Å². The van der Waals surface area contributed by atoms with E-state index in [1.54, 1.807) is 20.8 Å². The summed E-state index contributed by atoms with van der Waals surface area (Å²) in [5.41, 5.74) is -1.80. The summed E-state index contributed by atoms with van der Waals surface area (Å²) in [6.07, 6.45) is 0.201. The summed E-state index contributed by atoms with van der Waals surface area (Å²) in [6, 6.07) is 0. The lowest BCUT2D eigenvalue weighted by atomic mass is 9.91. The second kappa shape index (κ2) is 4.12. The van der Waals surface area contributed by atoms with Gasteiger partial charge < -0.3 is 19.5 Å². The number of aliphatic carboxylic acids is 1. The first-order chi connectivity index (χ1) is 8.24. The number of carboxylic acids is 1. The van der Waals surface area contributed by atoms with Crippen LogP contribution < -0.4 is 0 Å². The van der Waals surface area contributed by atoms with Crippen LogP contribution >= 0.6 is 0 Å². The van der Waals surface area contributed by atoms with E-state index in [2.05, 4.69) is 0 Å². The van der Waals surface area contributed by atoms with E-state index in [0.717, 1.165) is 0 Å². The highest BCUT2D eigenvalue weighted by atomic mass is 16.6. The van der Waals surface area contributed by atoms with Crippen LogP contribution in [0.25, 0.3) is 0 Å². The lowest BCUT2D eigenvalue weighted by Crippen LogP contribution is -2.46. The van der Waals surface area contributed by atoms with Crippen LogP contribution in [0.1, 0.15) is 27.2 Å². The van der Waals surface area contributed by atoms with E-state index in [9.17, 15) is 14.7 Å². The fraction of sp³-hybridized carbons (Fsp3) is 0.833. The highest BCUT2D eigenvalue weighted by Gasteiger charge is 2.58. The van der Waals surface area contributed by atoms with Gasteiger partial charge >= 0.3 is 12.1 Å². The largest absolute Gasteiger partial charge is 0.479 e. The number of fused-ring (bicyclic) bond motifs is 1. The highest BCUT2D eigenvalue weighted by molar-refractivity contribution is 5.81. The monoisotopic (exact) mass is 257 g/mol. The van der Waals surface area contributed by atoms with Gasteiger partial charge in [0.15, 0.2) is 5.60 Å². The maximum atomic E-state index is 11.9. The van der Waals surface area contributed by atoms with E-state index >= 15 is 0 Å². The van der Waals surface area contributed by atoms with E-state index in [4.69, 9.17) is 9.47 Å². The molecule has 0 aromatic heterocycles. The number of carbonyl (C=O) groups excluding carboxylic acids is 1. The van der Waals surface area contributed by atoms with Crippen LogP contribution in [0.15, 0.2) is 0 Å². The molecule has 1 amide bonds. The number of amides is 1. The van der Waals surface area contributed by atoms with Crippen molar-refractivity contribution in [2.24, 2.45) is 5.92 Å². The Morgan fingerprint density at radius 3 is 2.61 bits per heavy atom. The van der Waals surface area contributed by atoms with Gasteiger partial charge in [-0.2, -0.15) is 0 Å². The van der Waals surface area contributed by atoms with E-state index in [1.165, 1.54) is 4.90 Å². The van der Waals surface area contributed by atoms with Gasteiger partial charge in [-0.15, -0.1) is 0 Å². The summed E-state index contributed by atoms with van der Waals surface area (Å²) in [4.78, 5) is 24.7. The van der Waals surface area contributed by atoms with Gasteiger partial charge in [0.05, 0.1) is 6.54 Å². The van der Waals surface area contributed by atoms with Gasteiger partial charge in [-0.1, -0.05) is 0 Å². The standard InChI is InChI=1S/C12H19NO5/c1-11(2,3)18-10(16)13-6-8-4-5-17-12(8,7-13)9(14)15/h8H,4-7H2,1-3H3,(H,14,15)/t8-,12-/m1/s1. The highest BCUT2D eigenvalue weighted by Crippen LogP contribution is 2.39. The Morgan fingerprint density at radius 1 is 1.44 bits per heavy atom. The topological polar surface area (TPSA) is 76.1 Å². The van der Waals surface area contributed by atoms with E-state index < -0.39 is 23.3 Å². The van der Waals surface area contributed by atoms with E-state index in [0.29, 0.717) is 19.6 Å². The molecule has 2 saturated heterocycles. The number of rotatable bonds is 1. The minimum absolute atomic E-state index is 0.0713. The molecular weight excluding hydrogens is 238 g/mol. The summed E-state index contributed by atoms with van der Waals surface area (Å²) in [5, 5.41) is 9.30. The Labute approximate surface area is 106 Å². The van der Waals surface area contributed by atoms with E-state index in [-0.39, 0.29) is 12.5 Å². The average molecular weight is 257 g/mol. The Balaban J connectivity index is 2.08. The molecule has 1 N–H and O–H groups in total. The molecule has 6 heteroatoms. The molecule has 2 aliphatic heterocycles. The fourth-order valence-electron chi connectivity index (χ4n) is 2.53. The molecule has 2 aliphatic rings. The first-order valence-electron chi connectivity index (χ1n) is 6.10. The van der Waals surface area contributed by atoms with Crippen molar-refractivity contribution in [3.8, 4) is 0 Å². The summed E-state index contributed by atoms with van der Waals surface area (Å²) >= 11 is 0. The molecule has 0 unspecified atom stereocenters. The zero-order valence-electron chi connectivity index (χ0n) is 10.9. The molecule has 2 heterocycles. The van der Waals surface area contributed by atoms with Crippen LogP contribution in [0.5, 0.6) is 0 Å². The summed E-state index contributed by atoms with van der Waals surface area (Å²) < 4.78 is 10.6. The van der Waals surface area contributed by atoms with Gasteiger partial charge in [0.2, 0.25) is 0 Å². The van der Waals surface area contributed by atoms with Crippen molar-refractivity contribution in [1.82, 2.24) is 4.90 Å². The molecule has 0 aromatic carbocycles. The van der Waals surface area contributed by atoms with Crippen LogP contribution in [0.4, 0.5) is 4.79 Å². The van der Waals surface area contributed by atoms with Gasteiger partial charge in [-0.3, -0.25) is 0 Å². The normalized spacial score (nSPS) is 31.3. The second-order valence-corrected chi connectivity index (χ2v) is 5.89. The smallest absolute Gasteiger partial charge is 0.410 e. The number of ether oxygens (including phenoxy) is 2. The Kier molecular flexibility index (Phi) is 3.01. The van der Waals surface area contributed by atoms with Gasteiger partial charge in [-0.05, 0) is 27.2 Å². The van der Waals surface area contributed by atoms with Crippen LogP contribution in [0.2, 0.25) is 0 Å². The molecule has 0 bridgehead atoms. The third kappa shape index (κ3) is 2.16. The van der Waals surface area contributed by atoms with E-state index in [1.807, 2.05) is 0 Å². The minimum Gasteiger partial charge on any atom is -0.479 e. The van der Waals surface area contributed by atoms with Gasteiger partial charge in [0.25, 0.3) is 0 Å². The molecule has 18 heavy (non-hydrogen) atoms. The molecule has 0 aromatic rings. The Morgan fingerprint density at radius 2 is 2.11 bits per heavy atom. The first-order valence-corrected chi connectivity index (χ1v) is 6.10. The second-order valence-electron chi connectivity index (χ2n) is 5.89. The number of carbonyl (C=O) groups is 2. The van der Waals surface area contributed by atoms with Crippen molar-refractivity contribution in [3.63, 3.8) is 0 Å². The zero-order valence-corrected chi connectivity index (χ0v) is 10.9. The average Bonchev–Trinajstić information content (AvgIpc) is 2.69. The van der Waals surface area contributed by atoms with Crippen molar-refractivity contribution >= 4 is 12.1 Å². The number of hydrogen-bond acceptors (Lipinski definition) is 4. The molecular formula is C12H19NO5. The van der Waals surface area contributed by atoms with Crippen molar-refractivity contribution in [2.45, 2.75) is 38.4 Å². The lowest BCUT2D eigenvalue weighted by Gasteiger charge is -2.26. The van der Waals surface area contributed by atoms with Gasteiger partial charge in [0.1, 0.15) is 5.60 Å². The number of hydrogen-bond donors (Lipinski definition) is 1. The number of carboxylic acid groups (broad SMARTS) is 1. The first kappa shape index (κ1) is 13.1. The molecule has 0 radical (unpaired) electrons.